The van der Waals surface area contributed by atoms with Gasteiger partial charge < -0.3 is 4.57 Å². The summed E-state index contributed by atoms with van der Waals surface area (Å²) in [7, 11) is -2.81. The minimum atomic E-state index is -2.81. The van der Waals surface area contributed by atoms with Crippen LogP contribution in [0.15, 0.2) is 83.7 Å². The number of unbranched alkanes of at least 4 members (excludes halogenated alkanes) is 1. The summed E-state index contributed by atoms with van der Waals surface area (Å²) in [6.07, 6.45) is 7.53. The fraction of sp³-hybridized carbons (Fsp3) is 0.333. The molecule has 0 aliphatic carbocycles. The summed E-state index contributed by atoms with van der Waals surface area (Å²) in [5, 5.41) is 1.82. The molecule has 1 nitrogen and oxygen atoms in total. The summed E-state index contributed by atoms with van der Waals surface area (Å²) < 4.78 is 14.3. The van der Waals surface area contributed by atoms with E-state index in [4.69, 9.17) is 0 Å². The molecule has 0 saturated carbocycles. The standard InChI is InChI=1S/C24H31OP/c1-4-7-15-22(21(6-3)14-5-2)20-26(25,23-16-10-8-11-17-23)24-18-12-9-13-19-24/h8-14,16-20H,4-7,15H2,1-3H3/b21-14+,22-20?. The maximum absolute atomic E-state index is 14.3. The molecule has 0 unspecified atom stereocenters. The third kappa shape index (κ3) is 5.08. The molecule has 0 aliphatic heterocycles. The van der Waals surface area contributed by atoms with Gasteiger partial charge in [0.25, 0.3) is 0 Å². The van der Waals surface area contributed by atoms with Crippen LogP contribution in [0.2, 0.25) is 0 Å². The van der Waals surface area contributed by atoms with E-state index in [0.717, 1.165) is 42.7 Å². The van der Waals surface area contributed by atoms with E-state index in [0.29, 0.717) is 0 Å². The van der Waals surface area contributed by atoms with Crippen LogP contribution < -0.4 is 10.6 Å². The molecule has 0 N–H and O–H groups in total. The summed E-state index contributed by atoms with van der Waals surface area (Å²) in [6.45, 7) is 6.57. The first kappa shape index (κ1) is 20.5. The van der Waals surface area contributed by atoms with Crippen LogP contribution in [-0.4, -0.2) is 0 Å². The van der Waals surface area contributed by atoms with Crippen LogP contribution in [0.5, 0.6) is 0 Å². The lowest BCUT2D eigenvalue weighted by atomic mass is 9.99. The second kappa shape index (κ2) is 10.3. The van der Waals surface area contributed by atoms with Gasteiger partial charge in [-0.1, -0.05) is 93.9 Å². The fourth-order valence-electron chi connectivity index (χ4n) is 3.24. The molecule has 138 valence electrons. The topological polar surface area (TPSA) is 17.1 Å². The maximum Gasteiger partial charge on any atom is 0.164 e. The third-order valence-electron chi connectivity index (χ3n) is 4.66. The van der Waals surface area contributed by atoms with Crippen LogP contribution in [0, 0.1) is 0 Å². The molecule has 0 atom stereocenters. The normalized spacial score (nSPS) is 13.0. The Labute approximate surface area is 159 Å². The molecule has 2 rings (SSSR count). The largest absolute Gasteiger partial charge is 0.309 e. The zero-order chi connectivity index (χ0) is 18.8. The molecule has 26 heavy (non-hydrogen) atoms. The molecule has 0 aliphatic rings. The molecule has 0 spiro atoms. The molecule has 0 amide bonds. The molecule has 0 heterocycles. The lowest BCUT2D eigenvalue weighted by Gasteiger charge is -2.19. The molecule has 0 saturated heterocycles. The Hall–Kier alpha value is -1.85. The molecule has 0 fully saturated rings. The van der Waals surface area contributed by atoms with Crippen LogP contribution in [-0.2, 0) is 4.57 Å². The van der Waals surface area contributed by atoms with Crippen molar-refractivity contribution in [3.63, 3.8) is 0 Å². The highest BCUT2D eigenvalue weighted by Gasteiger charge is 2.25. The first-order valence-corrected chi connectivity index (χ1v) is 11.5. The highest BCUT2D eigenvalue weighted by atomic mass is 31.2. The minimum Gasteiger partial charge on any atom is -0.309 e. The average molecular weight is 366 g/mol. The number of benzene rings is 2. The first-order chi connectivity index (χ1) is 12.7. The van der Waals surface area contributed by atoms with Crippen LogP contribution in [0.4, 0.5) is 0 Å². The van der Waals surface area contributed by atoms with E-state index in [2.05, 4.69) is 32.7 Å². The average Bonchev–Trinajstić information content (AvgIpc) is 2.70. The van der Waals surface area contributed by atoms with Crippen molar-refractivity contribution in [2.24, 2.45) is 0 Å². The maximum atomic E-state index is 14.3. The van der Waals surface area contributed by atoms with E-state index in [1.807, 2.05) is 60.7 Å². The minimum absolute atomic E-state index is 0.909. The predicted molar refractivity (Wildman–Crippen MR) is 116 cm³/mol. The Bertz CT molecular complexity index is 729. The Kier molecular flexibility index (Phi) is 8.13. The van der Waals surface area contributed by atoms with E-state index in [9.17, 15) is 4.57 Å². The first-order valence-electron chi connectivity index (χ1n) is 9.77. The van der Waals surface area contributed by atoms with Gasteiger partial charge in [0.15, 0.2) is 7.14 Å². The molecule has 0 aromatic heterocycles. The fourth-order valence-corrected chi connectivity index (χ4v) is 5.80. The SMILES string of the molecule is CC/C=C(\CC)C(=CP(=O)(c1ccccc1)c1ccccc1)CCCC. The smallest absolute Gasteiger partial charge is 0.164 e. The van der Waals surface area contributed by atoms with E-state index < -0.39 is 7.14 Å². The van der Waals surface area contributed by atoms with Gasteiger partial charge in [-0.05, 0) is 42.6 Å². The number of rotatable bonds is 9. The van der Waals surface area contributed by atoms with Crippen molar-refractivity contribution in [2.75, 3.05) is 0 Å². The molecular weight excluding hydrogens is 335 g/mol. The van der Waals surface area contributed by atoms with Gasteiger partial charge >= 0.3 is 0 Å². The third-order valence-corrected chi connectivity index (χ3v) is 7.47. The highest BCUT2D eigenvalue weighted by molar-refractivity contribution is 7.81. The molecule has 2 aromatic rings. The molecule has 0 bridgehead atoms. The molecule has 0 radical (unpaired) electrons. The van der Waals surface area contributed by atoms with Crippen molar-refractivity contribution in [3.8, 4) is 0 Å². The van der Waals surface area contributed by atoms with Crippen molar-refractivity contribution in [3.05, 3.63) is 83.7 Å². The molecular formula is C24H31OP. The Morgan fingerprint density at radius 1 is 0.846 bits per heavy atom. The van der Waals surface area contributed by atoms with Crippen molar-refractivity contribution >= 4 is 17.8 Å². The quantitative estimate of drug-likeness (QED) is 0.351. The van der Waals surface area contributed by atoms with Gasteiger partial charge in [-0.2, -0.15) is 0 Å². The van der Waals surface area contributed by atoms with Crippen LogP contribution >= 0.6 is 7.14 Å². The summed E-state index contributed by atoms with van der Waals surface area (Å²) in [5.41, 5.74) is 2.60. The number of hydrogen-bond acceptors (Lipinski definition) is 1. The predicted octanol–water partition coefficient (Wildman–Crippen LogP) is 6.82. The summed E-state index contributed by atoms with van der Waals surface area (Å²) >= 11 is 0. The lowest BCUT2D eigenvalue weighted by molar-refractivity contribution is 0.592. The Morgan fingerprint density at radius 3 is 1.81 bits per heavy atom. The summed E-state index contributed by atoms with van der Waals surface area (Å²) in [5.74, 6) is 2.10. The number of hydrogen-bond donors (Lipinski definition) is 0. The van der Waals surface area contributed by atoms with Gasteiger partial charge in [0, 0.05) is 10.6 Å². The van der Waals surface area contributed by atoms with Crippen molar-refractivity contribution in [2.45, 2.75) is 52.9 Å². The van der Waals surface area contributed by atoms with Crippen LogP contribution in [0.25, 0.3) is 0 Å². The summed E-state index contributed by atoms with van der Waals surface area (Å²) in [4.78, 5) is 0. The monoisotopic (exact) mass is 366 g/mol. The Morgan fingerprint density at radius 2 is 1.38 bits per heavy atom. The van der Waals surface area contributed by atoms with Gasteiger partial charge in [0.1, 0.15) is 0 Å². The van der Waals surface area contributed by atoms with Gasteiger partial charge in [-0.3, -0.25) is 0 Å². The summed E-state index contributed by atoms with van der Waals surface area (Å²) in [6, 6.07) is 19.9. The van der Waals surface area contributed by atoms with Crippen molar-refractivity contribution < 1.29 is 4.57 Å². The molecule has 2 heteroatoms. The molecule has 2 aromatic carbocycles. The second-order valence-electron chi connectivity index (χ2n) is 6.58. The van der Waals surface area contributed by atoms with E-state index in [1.54, 1.807) is 0 Å². The van der Waals surface area contributed by atoms with Gasteiger partial charge in [-0.15, -0.1) is 0 Å². The van der Waals surface area contributed by atoms with E-state index in [1.165, 1.54) is 11.1 Å². The van der Waals surface area contributed by atoms with E-state index in [-0.39, 0.29) is 0 Å². The van der Waals surface area contributed by atoms with E-state index >= 15 is 0 Å². The zero-order valence-corrected chi connectivity index (χ0v) is 17.2. The van der Waals surface area contributed by atoms with Gasteiger partial charge in [-0.25, -0.2) is 0 Å². The number of allylic oxidation sites excluding steroid dienone is 3. The van der Waals surface area contributed by atoms with Crippen LogP contribution in [0.1, 0.15) is 52.9 Å². The second-order valence-corrected chi connectivity index (χ2v) is 9.19. The van der Waals surface area contributed by atoms with Gasteiger partial charge in [0.2, 0.25) is 0 Å². The Balaban J connectivity index is 2.64. The highest BCUT2D eigenvalue weighted by Crippen LogP contribution is 2.47. The van der Waals surface area contributed by atoms with Crippen molar-refractivity contribution in [1.82, 2.24) is 0 Å². The lowest BCUT2D eigenvalue weighted by Crippen LogP contribution is -2.14. The van der Waals surface area contributed by atoms with Crippen LogP contribution in [0.3, 0.4) is 0 Å². The van der Waals surface area contributed by atoms with Gasteiger partial charge in [0.05, 0.1) is 0 Å². The van der Waals surface area contributed by atoms with Crippen molar-refractivity contribution in [1.29, 1.82) is 0 Å². The zero-order valence-electron chi connectivity index (χ0n) is 16.3.